The Kier molecular flexibility index (Phi) is 6.70. The van der Waals surface area contributed by atoms with Gasteiger partial charge in [-0.2, -0.15) is 0 Å². The van der Waals surface area contributed by atoms with Gasteiger partial charge in [-0.1, -0.05) is 6.07 Å². The van der Waals surface area contributed by atoms with Crippen LogP contribution in [0.1, 0.15) is 13.8 Å². The lowest BCUT2D eigenvalue weighted by molar-refractivity contribution is 0.185. The van der Waals surface area contributed by atoms with E-state index in [9.17, 15) is 0 Å². The van der Waals surface area contributed by atoms with Crippen molar-refractivity contribution in [3.63, 3.8) is 0 Å². The molecule has 1 rings (SSSR count). The number of hydrazine groups is 1. The minimum Gasteiger partial charge on any atom is -0.494 e. The maximum atomic E-state index is 5.45. The summed E-state index contributed by atoms with van der Waals surface area (Å²) in [4.78, 5) is 4.36. The summed E-state index contributed by atoms with van der Waals surface area (Å²) in [6, 6.07) is 7.61. The van der Waals surface area contributed by atoms with Crippen LogP contribution in [0.4, 0.5) is 5.69 Å². The monoisotopic (exact) mass is 266 g/mol. The van der Waals surface area contributed by atoms with Gasteiger partial charge in [0.1, 0.15) is 5.75 Å². The van der Waals surface area contributed by atoms with Gasteiger partial charge in [0, 0.05) is 18.9 Å². The van der Waals surface area contributed by atoms with Crippen LogP contribution in [0.2, 0.25) is 0 Å². The predicted octanol–water partition coefficient (Wildman–Crippen LogP) is 1.35. The molecule has 1 aromatic rings. The van der Waals surface area contributed by atoms with E-state index in [1.165, 1.54) is 0 Å². The van der Waals surface area contributed by atoms with Gasteiger partial charge >= 0.3 is 0 Å². The molecule has 0 aromatic heterocycles. The van der Waals surface area contributed by atoms with Crippen LogP contribution in [0.25, 0.3) is 0 Å². The number of nitrogens with zero attached hydrogens (tertiary/aromatic N) is 1. The highest BCUT2D eigenvalue weighted by molar-refractivity contribution is 5.93. The smallest absolute Gasteiger partial charge is 0.210 e. The average molecular weight is 266 g/mol. The minimum absolute atomic E-state index is 0.0126. The van der Waals surface area contributed by atoms with E-state index in [0.29, 0.717) is 19.2 Å². The van der Waals surface area contributed by atoms with Gasteiger partial charge < -0.3 is 14.8 Å². The first-order valence-corrected chi connectivity index (χ1v) is 6.22. The Morgan fingerprint density at radius 1 is 1.47 bits per heavy atom. The molecule has 1 aromatic carbocycles. The molecule has 0 aliphatic heterocycles. The van der Waals surface area contributed by atoms with Crippen molar-refractivity contribution in [2.24, 2.45) is 10.8 Å². The summed E-state index contributed by atoms with van der Waals surface area (Å²) in [5.74, 6) is 6.73. The molecule has 0 amide bonds. The normalized spacial score (nSPS) is 12.9. The molecule has 6 nitrogen and oxygen atoms in total. The van der Waals surface area contributed by atoms with E-state index < -0.39 is 0 Å². The highest BCUT2D eigenvalue weighted by atomic mass is 16.5. The van der Waals surface area contributed by atoms with Crippen molar-refractivity contribution in [2.45, 2.75) is 19.9 Å². The number of guanidine groups is 1. The van der Waals surface area contributed by atoms with Crippen molar-refractivity contribution in [1.82, 2.24) is 5.43 Å². The van der Waals surface area contributed by atoms with Crippen LogP contribution in [0.15, 0.2) is 29.3 Å². The van der Waals surface area contributed by atoms with Crippen LogP contribution >= 0.6 is 0 Å². The summed E-state index contributed by atoms with van der Waals surface area (Å²) < 4.78 is 10.5. The van der Waals surface area contributed by atoms with Crippen LogP contribution in [0.5, 0.6) is 5.75 Å². The fraction of sp³-hybridized carbons (Fsp3) is 0.462. The first-order chi connectivity index (χ1) is 9.19. The highest BCUT2D eigenvalue weighted by Crippen LogP contribution is 2.17. The summed E-state index contributed by atoms with van der Waals surface area (Å²) in [5.41, 5.74) is 3.39. The number of aliphatic imine (C=N–C) groups is 1. The molecule has 4 N–H and O–H groups in total. The fourth-order valence-corrected chi connectivity index (χ4v) is 1.57. The molecule has 0 bridgehead atoms. The number of nitrogens with two attached hydrogens (primary N) is 1. The standard InChI is InChI=1S/C13H22N4O2/c1-4-19-12-7-5-6-11(8-12)16-13(17-14)15-10(2)9-18-3/h5-8,10H,4,9,14H2,1-3H3,(H2,15,16,17). The van der Waals surface area contributed by atoms with E-state index in [4.69, 9.17) is 15.3 Å². The molecule has 0 spiro atoms. The second-order valence-corrected chi connectivity index (χ2v) is 4.01. The molecule has 1 unspecified atom stereocenters. The highest BCUT2D eigenvalue weighted by Gasteiger charge is 2.03. The molecule has 0 heterocycles. The van der Waals surface area contributed by atoms with Crippen molar-refractivity contribution in [3.05, 3.63) is 24.3 Å². The number of rotatable bonds is 6. The largest absolute Gasteiger partial charge is 0.494 e. The number of ether oxygens (including phenoxy) is 2. The summed E-state index contributed by atoms with van der Waals surface area (Å²) >= 11 is 0. The van der Waals surface area contributed by atoms with Crippen LogP contribution in [-0.4, -0.2) is 32.3 Å². The molecule has 106 valence electrons. The van der Waals surface area contributed by atoms with E-state index in [1.54, 1.807) is 7.11 Å². The molecule has 6 heteroatoms. The van der Waals surface area contributed by atoms with Gasteiger partial charge in [0.2, 0.25) is 5.96 Å². The third kappa shape index (κ3) is 5.58. The summed E-state index contributed by atoms with van der Waals surface area (Å²) in [6.07, 6.45) is 0. The minimum atomic E-state index is 0.0126. The molecule has 0 saturated heterocycles. The van der Waals surface area contributed by atoms with Crippen LogP contribution < -0.4 is 21.3 Å². The molecule has 1 atom stereocenters. The van der Waals surface area contributed by atoms with E-state index in [2.05, 4.69) is 15.7 Å². The second-order valence-electron chi connectivity index (χ2n) is 4.01. The first-order valence-electron chi connectivity index (χ1n) is 6.22. The maximum absolute atomic E-state index is 5.45. The van der Waals surface area contributed by atoms with Crippen molar-refractivity contribution in [3.8, 4) is 5.75 Å². The summed E-state index contributed by atoms with van der Waals surface area (Å²) in [6.45, 7) is 5.05. The number of anilines is 1. The molecular weight excluding hydrogens is 244 g/mol. The van der Waals surface area contributed by atoms with Gasteiger partial charge in [0.05, 0.1) is 19.3 Å². The lowest BCUT2D eigenvalue weighted by Gasteiger charge is -2.13. The third-order valence-corrected chi connectivity index (χ3v) is 2.30. The number of hydrogen-bond donors (Lipinski definition) is 3. The van der Waals surface area contributed by atoms with Crippen LogP contribution in [0, 0.1) is 0 Å². The quantitative estimate of drug-likeness (QED) is 0.313. The Bertz CT molecular complexity index is 409. The third-order valence-electron chi connectivity index (χ3n) is 2.30. The fourth-order valence-electron chi connectivity index (χ4n) is 1.57. The Hall–Kier alpha value is -1.79. The Morgan fingerprint density at radius 3 is 2.89 bits per heavy atom. The van der Waals surface area contributed by atoms with Gasteiger partial charge in [-0.3, -0.25) is 5.43 Å². The van der Waals surface area contributed by atoms with Gasteiger partial charge in [-0.25, -0.2) is 10.8 Å². The maximum Gasteiger partial charge on any atom is 0.210 e. The Morgan fingerprint density at radius 2 is 2.26 bits per heavy atom. The lowest BCUT2D eigenvalue weighted by Crippen LogP contribution is -2.37. The van der Waals surface area contributed by atoms with Gasteiger partial charge in [0.15, 0.2) is 0 Å². The number of nitrogens with one attached hydrogen (secondary N) is 2. The molecule has 0 fully saturated rings. The zero-order valence-electron chi connectivity index (χ0n) is 11.6. The SMILES string of the molecule is CCOc1cccc(NC(=NC(C)COC)NN)c1. The van der Waals surface area contributed by atoms with Gasteiger partial charge in [0.25, 0.3) is 0 Å². The molecule has 0 saturated carbocycles. The topological polar surface area (TPSA) is 80.9 Å². The zero-order chi connectivity index (χ0) is 14.1. The molecular formula is C13H22N4O2. The summed E-state index contributed by atoms with van der Waals surface area (Å²) in [5, 5.41) is 3.10. The first kappa shape index (κ1) is 15.3. The summed E-state index contributed by atoms with van der Waals surface area (Å²) in [7, 11) is 1.64. The molecule has 0 aliphatic rings. The van der Waals surface area contributed by atoms with Gasteiger partial charge in [-0.05, 0) is 26.0 Å². The van der Waals surface area contributed by atoms with Crippen molar-refractivity contribution >= 4 is 11.6 Å². The Balaban J connectivity index is 2.72. The van der Waals surface area contributed by atoms with Gasteiger partial charge in [-0.15, -0.1) is 0 Å². The lowest BCUT2D eigenvalue weighted by atomic mass is 10.3. The van der Waals surface area contributed by atoms with E-state index in [0.717, 1.165) is 11.4 Å². The molecule has 0 aliphatic carbocycles. The van der Waals surface area contributed by atoms with E-state index in [-0.39, 0.29) is 6.04 Å². The van der Waals surface area contributed by atoms with E-state index in [1.807, 2.05) is 38.1 Å². The predicted molar refractivity (Wildman–Crippen MR) is 77.3 cm³/mol. The molecule has 19 heavy (non-hydrogen) atoms. The molecule has 0 radical (unpaired) electrons. The van der Waals surface area contributed by atoms with Crippen molar-refractivity contribution in [1.29, 1.82) is 0 Å². The average Bonchev–Trinajstić information content (AvgIpc) is 2.39. The Labute approximate surface area is 114 Å². The van der Waals surface area contributed by atoms with Crippen molar-refractivity contribution < 1.29 is 9.47 Å². The van der Waals surface area contributed by atoms with Crippen molar-refractivity contribution in [2.75, 3.05) is 25.6 Å². The zero-order valence-corrected chi connectivity index (χ0v) is 11.6. The number of methoxy groups -OCH3 is 1. The second kappa shape index (κ2) is 8.34. The van der Waals surface area contributed by atoms with Crippen LogP contribution in [-0.2, 0) is 4.74 Å². The van der Waals surface area contributed by atoms with Crippen LogP contribution in [0.3, 0.4) is 0 Å². The number of hydrogen-bond acceptors (Lipinski definition) is 4. The van der Waals surface area contributed by atoms with E-state index >= 15 is 0 Å². The number of benzene rings is 1.